The second-order valence-corrected chi connectivity index (χ2v) is 7.12. The molecule has 0 saturated carbocycles. The first-order valence-electron chi connectivity index (χ1n) is 8.17. The van der Waals surface area contributed by atoms with Crippen LogP contribution in [0.4, 0.5) is 5.13 Å². The van der Waals surface area contributed by atoms with Gasteiger partial charge in [0, 0.05) is 38.4 Å². The van der Waals surface area contributed by atoms with E-state index in [-0.39, 0.29) is 36.6 Å². The number of aromatic carboxylic acids is 1. The third kappa shape index (κ3) is 3.69. The Morgan fingerprint density at radius 1 is 1.23 bits per heavy atom. The van der Waals surface area contributed by atoms with E-state index < -0.39 is 5.97 Å². The second kappa shape index (κ2) is 7.88. The van der Waals surface area contributed by atoms with E-state index in [1.807, 2.05) is 12.1 Å². The molecule has 1 unspecified atom stereocenters. The van der Waals surface area contributed by atoms with Gasteiger partial charge in [0.2, 0.25) is 6.79 Å². The zero-order valence-electron chi connectivity index (χ0n) is 14.8. The summed E-state index contributed by atoms with van der Waals surface area (Å²) in [6.07, 6.45) is 1.37. The summed E-state index contributed by atoms with van der Waals surface area (Å²) >= 11 is 1.17. The van der Waals surface area contributed by atoms with Crippen LogP contribution in [-0.4, -0.2) is 48.8 Å². The van der Waals surface area contributed by atoms with Crippen LogP contribution in [0.25, 0.3) is 0 Å². The summed E-state index contributed by atoms with van der Waals surface area (Å²) in [6.45, 7) is 5.87. The molecule has 9 heteroatoms. The molecular formula is C17H18LiN3O4S. The predicted molar refractivity (Wildman–Crippen MR) is 91.2 cm³/mol. The number of carbonyl (C=O) groups is 1. The molecule has 0 spiro atoms. The van der Waals surface area contributed by atoms with Crippen LogP contribution in [0.1, 0.15) is 28.2 Å². The van der Waals surface area contributed by atoms with E-state index in [0.717, 1.165) is 42.8 Å². The standard InChI is InChI=1S/C17H19N3O4S.Li/c1-11(12-2-3-13-14(8-12)24-10-23-13)19-4-6-20(7-5-19)17-18-9-15(25-17)16(21)22;/h2-3,8-9,11H,4-7,10H2,1H3,(H,21,22);/q;+1/p-1. The van der Waals surface area contributed by atoms with Gasteiger partial charge in [-0.2, -0.15) is 0 Å². The average Bonchev–Trinajstić information content (AvgIpc) is 3.30. The van der Waals surface area contributed by atoms with Gasteiger partial charge in [-0.05, 0) is 24.6 Å². The average molecular weight is 367 g/mol. The normalized spacial score (nSPS) is 17.7. The van der Waals surface area contributed by atoms with Crippen molar-refractivity contribution < 1.29 is 38.2 Å². The molecule has 1 aromatic heterocycles. The Labute approximate surface area is 167 Å². The summed E-state index contributed by atoms with van der Waals surface area (Å²) in [5.74, 6) is 0.438. The van der Waals surface area contributed by atoms with Crippen molar-refractivity contribution in [1.82, 2.24) is 9.88 Å². The molecule has 0 N–H and O–H groups in total. The fraction of sp³-hybridized carbons (Fsp3) is 0.412. The summed E-state index contributed by atoms with van der Waals surface area (Å²) in [7, 11) is 0. The summed E-state index contributed by atoms with van der Waals surface area (Å²) in [5, 5.41) is 11.6. The number of piperazine rings is 1. The molecular weight excluding hydrogens is 349 g/mol. The Balaban J connectivity index is 0.00000196. The molecule has 2 aromatic rings. The minimum absolute atomic E-state index is 0. The summed E-state index contributed by atoms with van der Waals surface area (Å²) in [6, 6.07) is 6.36. The summed E-state index contributed by atoms with van der Waals surface area (Å²) < 4.78 is 10.8. The molecule has 132 valence electrons. The molecule has 2 aliphatic rings. The molecule has 4 rings (SSSR count). The van der Waals surface area contributed by atoms with Crippen LogP contribution in [0.3, 0.4) is 0 Å². The third-order valence-electron chi connectivity index (χ3n) is 4.71. The molecule has 0 radical (unpaired) electrons. The molecule has 0 bridgehead atoms. The number of aromatic nitrogens is 1. The van der Waals surface area contributed by atoms with Gasteiger partial charge in [-0.1, -0.05) is 17.4 Å². The molecule has 2 aliphatic heterocycles. The first-order chi connectivity index (χ1) is 12.1. The first kappa shape index (κ1) is 19.1. The van der Waals surface area contributed by atoms with Gasteiger partial charge in [0.1, 0.15) is 0 Å². The number of carboxylic acid groups (broad SMARTS) is 1. The predicted octanol–water partition coefficient (Wildman–Crippen LogP) is -1.88. The van der Waals surface area contributed by atoms with Crippen LogP contribution in [0.2, 0.25) is 0 Å². The van der Waals surface area contributed by atoms with Gasteiger partial charge in [0.15, 0.2) is 16.6 Å². The number of fused-ring (bicyclic) bond motifs is 1. The van der Waals surface area contributed by atoms with Crippen LogP contribution in [0.5, 0.6) is 11.5 Å². The van der Waals surface area contributed by atoms with Gasteiger partial charge < -0.3 is 24.3 Å². The second-order valence-electron chi connectivity index (χ2n) is 6.11. The summed E-state index contributed by atoms with van der Waals surface area (Å²) in [5.41, 5.74) is 1.20. The molecule has 0 aliphatic carbocycles. The van der Waals surface area contributed by atoms with Gasteiger partial charge in [0.25, 0.3) is 0 Å². The number of thiazole rings is 1. The quantitative estimate of drug-likeness (QED) is 0.586. The minimum Gasteiger partial charge on any atom is -0.544 e. The molecule has 1 aromatic carbocycles. The number of carboxylic acids is 1. The largest absolute Gasteiger partial charge is 1.00 e. The Hall–Kier alpha value is -1.72. The molecule has 3 heterocycles. The maximum atomic E-state index is 10.9. The fourth-order valence-electron chi connectivity index (χ4n) is 3.19. The van der Waals surface area contributed by atoms with E-state index in [1.165, 1.54) is 23.1 Å². The maximum absolute atomic E-state index is 10.9. The van der Waals surface area contributed by atoms with Crippen molar-refractivity contribution in [1.29, 1.82) is 0 Å². The van der Waals surface area contributed by atoms with E-state index >= 15 is 0 Å². The molecule has 1 fully saturated rings. The number of benzene rings is 1. The number of hydrogen-bond acceptors (Lipinski definition) is 8. The van der Waals surface area contributed by atoms with Crippen LogP contribution < -0.4 is 38.3 Å². The number of ether oxygens (including phenoxy) is 2. The van der Waals surface area contributed by atoms with E-state index in [2.05, 4.69) is 27.8 Å². The van der Waals surface area contributed by atoms with Gasteiger partial charge >= 0.3 is 18.9 Å². The number of hydrogen-bond donors (Lipinski definition) is 0. The van der Waals surface area contributed by atoms with E-state index in [4.69, 9.17) is 9.47 Å². The van der Waals surface area contributed by atoms with Crippen molar-refractivity contribution in [2.45, 2.75) is 13.0 Å². The van der Waals surface area contributed by atoms with Gasteiger partial charge in [-0.15, -0.1) is 0 Å². The van der Waals surface area contributed by atoms with E-state index in [1.54, 1.807) is 0 Å². The zero-order valence-corrected chi connectivity index (χ0v) is 15.6. The van der Waals surface area contributed by atoms with Crippen molar-refractivity contribution in [2.75, 3.05) is 37.9 Å². The molecule has 1 saturated heterocycles. The number of carbonyl (C=O) groups excluding carboxylic acids is 1. The van der Waals surface area contributed by atoms with E-state index in [9.17, 15) is 9.90 Å². The molecule has 1 atom stereocenters. The monoisotopic (exact) mass is 367 g/mol. The Kier molecular flexibility index (Phi) is 5.78. The zero-order chi connectivity index (χ0) is 17.4. The van der Waals surface area contributed by atoms with Crippen molar-refractivity contribution >= 4 is 22.4 Å². The van der Waals surface area contributed by atoms with Crippen molar-refractivity contribution in [3.8, 4) is 11.5 Å². The van der Waals surface area contributed by atoms with Gasteiger partial charge in [-0.3, -0.25) is 4.90 Å². The van der Waals surface area contributed by atoms with Crippen LogP contribution in [-0.2, 0) is 0 Å². The molecule has 0 amide bonds. The maximum Gasteiger partial charge on any atom is 1.00 e. The number of anilines is 1. The van der Waals surface area contributed by atoms with Crippen molar-refractivity contribution in [2.24, 2.45) is 0 Å². The fourth-order valence-corrected chi connectivity index (χ4v) is 3.99. The van der Waals surface area contributed by atoms with Crippen LogP contribution >= 0.6 is 11.3 Å². The Bertz CT molecular complexity index is 792. The van der Waals surface area contributed by atoms with E-state index in [0.29, 0.717) is 0 Å². The minimum atomic E-state index is -1.17. The molecule has 26 heavy (non-hydrogen) atoms. The van der Waals surface area contributed by atoms with Crippen molar-refractivity contribution in [3.63, 3.8) is 0 Å². The Morgan fingerprint density at radius 3 is 2.65 bits per heavy atom. The SMILES string of the molecule is CC(c1ccc2c(c1)OCO2)N1CCN(c2ncc(C(=O)[O-])s2)CC1.[Li+]. The van der Waals surface area contributed by atoms with Crippen LogP contribution in [0, 0.1) is 0 Å². The number of rotatable bonds is 4. The third-order valence-corrected chi connectivity index (χ3v) is 5.74. The topological polar surface area (TPSA) is 78.0 Å². The van der Waals surface area contributed by atoms with Crippen molar-refractivity contribution in [3.05, 3.63) is 34.8 Å². The summed E-state index contributed by atoms with van der Waals surface area (Å²) in [4.78, 5) is 19.8. The van der Waals surface area contributed by atoms with Crippen LogP contribution in [0.15, 0.2) is 24.4 Å². The number of nitrogens with zero attached hydrogens (tertiary/aromatic N) is 3. The van der Waals surface area contributed by atoms with Gasteiger partial charge in [0.05, 0.1) is 10.8 Å². The van der Waals surface area contributed by atoms with Gasteiger partial charge in [-0.25, -0.2) is 4.98 Å². The smallest absolute Gasteiger partial charge is 0.544 e. The Morgan fingerprint density at radius 2 is 1.96 bits per heavy atom. The molecule has 7 nitrogen and oxygen atoms in total. The first-order valence-corrected chi connectivity index (χ1v) is 8.99.